The number of benzene rings is 2. The number of nitrogens with zero attached hydrogens (tertiary/aromatic N) is 1. The predicted octanol–water partition coefficient (Wildman–Crippen LogP) is 2.00. The Morgan fingerprint density at radius 1 is 1.04 bits per heavy atom. The number of hydrogen-bond donors (Lipinski definition) is 1. The summed E-state index contributed by atoms with van der Waals surface area (Å²) in [7, 11) is -3.03. The fourth-order valence-corrected chi connectivity index (χ4v) is 5.86. The highest BCUT2D eigenvalue weighted by molar-refractivity contribution is 7.91. The zero-order chi connectivity index (χ0) is 19.7. The third kappa shape index (κ3) is 3.90. The molecular weight excluding hydrogens is 376 g/mol. The van der Waals surface area contributed by atoms with E-state index < -0.39 is 9.84 Å². The van der Waals surface area contributed by atoms with Crippen molar-refractivity contribution in [2.75, 3.05) is 24.6 Å². The molecule has 1 N–H and O–H groups in total. The molecule has 2 aliphatic heterocycles. The van der Waals surface area contributed by atoms with Crippen molar-refractivity contribution >= 4 is 32.4 Å². The van der Waals surface area contributed by atoms with E-state index in [0.29, 0.717) is 31.5 Å². The molecule has 2 aromatic rings. The molecule has 4 rings (SSSR count). The minimum absolute atomic E-state index is 0.0180. The molecule has 2 amide bonds. The molecule has 2 heterocycles. The number of likely N-dealkylation sites (tertiary alicyclic amines) is 1. The van der Waals surface area contributed by atoms with E-state index in [1.165, 1.54) is 0 Å². The number of nitrogens with one attached hydrogen (secondary N) is 1. The van der Waals surface area contributed by atoms with Crippen LogP contribution in [0, 0.1) is 5.92 Å². The van der Waals surface area contributed by atoms with Crippen molar-refractivity contribution in [2.45, 2.75) is 25.3 Å². The maximum absolute atomic E-state index is 13.1. The van der Waals surface area contributed by atoms with Crippen molar-refractivity contribution in [3.8, 4) is 0 Å². The standard InChI is InChI=1S/C21H24N2O4S/c24-20(22-17-10-12-28(26,27)14-17)16-7-4-11-23(13-16)21(25)19-9-3-6-15-5-1-2-8-18(15)19/h1-3,5-6,8-9,16-17H,4,7,10-14H2,(H,22,24). The van der Waals surface area contributed by atoms with Gasteiger partial charge in [-0.15, -0.1) is 0 Å². The number of amides is 2. The van der Waals surface area contributed by atoms with E-state index in [1.54, 1.807) is 4.90 Å². The Hall–Kier alpha value is -2.41. The number of hydrogen-bond acceptors (Lipinski definition) is 4. The maximum atomic E-state index is 13.1. The number of sulfone groups is 1. The molecule has 0 aliphatic carbocycles. The summed E-state index contributed by atoms with van der Waals surface area (Å²) >= 11 is 0. The second-order valence-corrected chi connectivity index (χ2v) is 9.95. The van der Waals surface area contributed by atoms with Gasteiger partial charge in [-0.05, 0) is 36.1 Å². The molecule has 0 saturated carbocycles. The average Bonchev–Trinajstić information content (AvgIpc) is 3.05. The van der Waals surface area contributed by atoms with E-state index in [-0.39, 0.29) is 35.3 Å². The van der Waals surface area contributed by atoms with Crippen molar-refractivity contribution in [1.82, 2.24) is 10.2 Å². The summed E-state index contributed by atoms with van der Waals surface area (Å²) in [5.41, 5.74) is 0.654. The Bertz CT molecular complexity index is 1010. The van der Waals surface area contributed by atoms with Crippen LogP contribution in [0.3, 0.4) is 0 Å². The lowest BCUT2D eigenvalue weighted by atomic mass is 9.95. The van der Waals surface area contributed by atoms with Gasteiger partial charge in [0.2, 0.25) is 5.91 Å². The van der Waals surface area contributed by atoms with Gasteiger partial charge in [0.1, 0.15) is 0 Å². The topological polar surface area (TPSA) is 83.6 Å². The molecule has 0 aromatic heterocycles. The molecule has 7 heteroatoms. The lowest BCUT2D eigenvalue weighted by Crippen LogP contribution is -2.47. The van der Waals surface area contributed by atoms with E-state index in [1.807, 2.05) is 42.5 Å². The maximum Gasteiger partial charge on any atom is 0.254 e. The fourth-order valence-electron chi connectivity index (χ4n) is 4.19. The van der Waals surface area contributed by atoms with Crippen LogP contribution in [0.25, 0.3) is 10.8 Å². The minimum atomic E-state index is -3.03. The van der Waals surface area contributed by atoms with Gasteiger partial charge in [-0.25, -0.2) is 8.42 Å². The normalized spacial score (nSPS) is 24.2. The van der Waals surface area contributed by atoms with Gasteiger partial charge in [0.25, 0.3) is 5.91 Å². The molecule has 148 valence electrons. The average molecular weight is 401 g/mol. The molecule has 2 aliphatic rings. The second kappa shape index (κ2) is 7.54. The molecular formula is C21H24N2O4S. The second-order valence-electron chi connectivity index (χ2n) is 7.73. The number of rotatable bonds is 3. The molecule has 28 heavy (non-hydrogen) atoms. The lowest BCUT2D eigenvalue weighted by Gasteiger charge is -2.33. The summed E-state index contributed by atoms with van der Waals surface area (Å²) in [6.45, 7) is 0.997. The molecule has 6 nitrogen and oxygen atoms in total. The molecule has 0 radical (unpaired) electrons. The first-order chi connectivity index (χ1) is 13.4. The Labute approximate surface area is 164 Å². The first kappa shape index (κ1) is 18.9. The Kier molecular flexibility index (Phi) is 5.10. The Balaban J connectivity index is 1.46. The van der Waals surface area contributed by atoms with Crippen molar-refractivity contribution in [2.24, 2.45) is 5.92 Å². The first-order valence-corrected chi connectivity index (χ1v) is 11.5. The van der Waals surface area contributed by atoms with Crippen molar-refractivity contribution < 1.29 is 18.0 Å². The molecule has 2 saturated heterocycles. The minimum Gasteiger partial charge on any atom is -0.352 e. The summed E-state index contributed by atoms with van der Waals surface area (Å²) in [5.74, 6) is -0.343. The van der Waals surface area contributed by atoms with Gasteiger partial charge in [-0.3, -0.25) is 9.59 Å². The molecule has 0 spiro atoms. The van der Waals surface area contributed by atoms with Crippen LogP contribution in [0.15, 0.2) is 42.5 Å². The molecule has 2 atom stereocenters. The van der Waals surface area contributed by atoms with Gasteiger partial charge in [0.15, 0.2) is 9.84 Å². The highest BCUT2D eigenvalue weighted by Crippen LogP contribution is 2.24. The van der Waals surface area contributed by atoms with Crippen LogP contribution < -0.4 is 5.32 Å². The first-order valence-electron chi connectivity index (χ1n) is 9.71. The van der Waals surface area contributed by atoms with Crippen LogP contribution in [0.4, 0.5) is 0 Å². The van der Waals surface area contributed by atoms with Crippen LogP contribution in [-0.4, -0.2) is 55.8 Å². The number of piperidine rings is 1. The molecule has 2 unspecified atom stereocenters. The van der Waals surface area contributed by atoms with E-state index in [2.05, 4.69) is 5.32 Å². The smallest absolute Gasteiger partial charge is 0.254 e. The van der Waals surface area contributed by atoms with Crippen molar-refractivity contribution in [3.05, 3.63) is 48.0 Å². The van der Waals surface area contributed by atoms with Gasteiger partial charge >= 0.3 is 0 Å². The predicted molar refractivity (Wildman–Crippen MR) is 108 cm³/mol. The molecule has 0 bridgehead atoms. The zero-order valence-corrected chi connectivity index (χ0v) is 16.5. The third-order valence-corrected chi connectivity index (χ3v) is 7.45. The fraction of sp³-hybridized carbons (Fsp3) is 0.429. The Morgan fingerprint density at radius 3 is 2.61 bits per heavy atom. The SMILES string of the molecule is O=C(NC1CCS(=O)(=O)C1)C1CCCN(C(=O)c2cccc3ccccc23)C1. The van der Waals surface area contributed by atoms with Gasteiger partial charge in [0.05, 0.1) is 17.4 Å². The van der Waals surface area contributed by atoms with E-state index in [9.17, 15) is 18.0 Å². The number of carbonyl (C=O) groups is 2. The van der Waals surface area contributed by atoms with E-state index in [4.69, 9.17) is 0 Å². The summed E-state index contributed by atoms with van der Waals surface area (Å²) in [6, 6.07) is 13.2. The Morgan fingerprint density at radius 2 is 1.82 bits per heavy atom. The van der Waals surface area contributed by atoms with Crippen molar-refractivity contribution in [3.63, 3.8) is 0 Å². The quantitative estimate of drug-likeness (QED) is 0.854. The van der Waals surface area contributed by atoms with Crippen LogP contribution in [-0.2, 0) is 14.6 Å². The third-order valence-electron chi connectivity index (χ3n) is 5.68. The van der Waals surface area contributed by atoms with Crippen LogP contribution in [0.5, 0.6) is 0 Å². The highest BCUT2D eigenvalue weighted by atomic mass is 32.2. The summed E-state index contributed by atoms with van der Waals surface area (Å²) < 4.78 is 23.2. The summed E-state index contributed by atoms with van der Waals surface area (Å²) in [4.78, 5) is 27.5. The molecule has 2 fully saturated rings. The van der Waals surface area contributed by atoms with Gasteiger partial charge < -0.3 is 10.2 Å². The lowest BCUT2D eigenvalue weighted by molar-refractivity contribution is -0.126. The number of fused-ring (bicyclic) bond motifs is 1. The summed E-state index contributed by atoms with van der Waals surface area (Å²) in [6.07, 6.45) is 1.95. The van der Waals surface area contributed by atoms with Crippen LogP contribution >= 0.6 is 0 Å². The van der Waals surface area contributed by atoms with E-state index in [0.717, 1.165) is 17.2 Å². The summed E-state index contributed by atoms with van der Waals surface area (Å²) in [5, 5.41) is 4.81. The zero-order valence-electron chi connectivity index (χ0n) is 15.6. The highest BCUT2D eigenvalue weighted by Gasteiger charge is 2.33. The monoisotopic (exact) mass is 400 g/mol. The van der Waals surface area contributed by atoms with Gasteiger partial charge in [-0.1, -0.05) is 36.4 Å². The number of carbonyl (C=O) groups excluding carboxylic acids is 2. The van der Waals surface area contributed by atoms with Crippen LogP contribution in [0.1, 0.15) is 29.6 Å². The van der Waals surface area contributed by atoms with Gasteiger partial charge in [0, 0.05) is 24.7 Å². The molecule has 2 aromatic carbocycles. The van der Waals surface area contributed by atoms with Gasteiger partial charge in [-0.2, -0.15) is 0 Å². The van der Waals surface area contributed by atoms with Crippen LogP contribution in [0.2, 0.25) is 0 Å². The largest absolute Gasteiger partial charge is 0.352 e. The van der Waals surface area contributed by atoms with E-state index >= 15 is 0 Å². The van der Waals surface area contributed by atoms with Crippen molar-refractivity contribution in [1.29, 1.82) is 0 Å².